The molecule has 0 aliphatic rings. The third-order valence-electron chi connectivity index (χ3n) is 3.17. The fraction of sp³-hybridized carbons (Fsp3) is 0.286. The maximum atomic E-state index is 11.7. The van der Waals surface area contributed by atoms with Gasteiger partial charge < -0.3 is 5.48 Å². The molecule has 1 aromatic carbocycles. The number of methoxy groups -OCH3 is 1. The molecule has 2 rings (SSSR count). The van der Waals surface area contributed by atoms with Gasteiger partial charge in [-0.2, -0.15) is 0 Å². The van der Waals surface area contributed by atoms with Crippen molar-refractivity contribution in [2.75, 3.05) is 7.11 Å². The number of para-hydroxylation sites is 1. The number of rotatable bonds is 5. The minimum absolute atomic E-state index is 0. The fourth-order valence-electron chi connectivity index (χ4n) is 2.06. The van der Waals surface area contributed by atoms with Crippen LogP contribution in [-0.4, -0.2) is 29.8 Å². The molecule has 0 spiro atoms. The van der Waals surface area contributed by atoms with E-state index in [0.717, 1.165) is 9.49 Å². The second-order valence-electron chi connectivity index (χ2n) is 4.44. The van der Waals surface area contributed by atoms with Crippen LogP contribution in [0.25, 0.3) is 11.0 Å². The van der Waals surface area contributed by atoms with E-state index in [0.29, 0.717) is 43.5 Å². The SMILES string of the molecule is COC([CH2][Hg])Cc1cccc2cc(C(=O)O)c(=O)oc12.O. The van der Waals surface area contributed by atoms with Crippen molar-refractivity contribution in [2.45, 2.75) is 16.5 Å². The minimum Gasteiger partial charge on any atom is -0.412 e. The molecule has 6 nitrogen and oxygen atoms in total. The Morgan fingerprint density at radius 1 is 1.48 bits per heavy atom. The second-order valence-corrected chi connectivity index (χ2v) is 6.68. The smallest absolute Gasteiger partial charge is 0.412 e. The van der Waals surface area contributed by atoms with E-state index < -0.39 is 11.6 Å². The summed E-state index contributed by atoms with van der Waals surface area (Å²) in [5.74, 6) is -1.28. The normalized spacial score (nSPS) is 12.0. The monoisotopic (exact) mass is 481 g/mol. The van der Waals surface area contributed by atoms with Gasteiger partial charge in [-0.15, -0.1) is 0 Å². The van der Waals surface area contributed by atoms with Crippen LogP contribution in [0.2, 0.25) is 3.93 Å². The molecule has 0 bridgehead atoms. The summed E-state index contributed by atoms with van der Waals surface area (Å²) in [6, 6.07) is 6.80. The number of hydrogen-bond donors (Lipinski definition) is 1. The van der Waals surface area contributed by atoms with Gasteiger partial charge in [0.25, 0.3) is 0 Å². The molecular formula is C14H15HgO6. The van der Waals surface area contributed by atoms with Gasteiger partial charge in [0, 0.05) is 0 Å². The Morgan fingerprint density at radius 3 is 2.76 bits per heavy atom. The molecule has 7 heteroatoms. The first-order valence-corrected chi connectivity index (χ1v) is 10.1. The Hall–Kier alpha value is -1.24. The molecule has 0 saturated heterocycles. The molecule has 0 saturated carbocycles. The van der Waals surface area contributed by atoms with Crippen molar-refractivity contribution in [1.82, 2.24) is 0 Å². The van der Waals surface area contributed by atoms with Gasteiger partial charge in [-0.05, 0) is 0 Å². The van der Waals surface area contributed by atoms with E-state index in [1.165, 1.54) is 6.07 Å². The van der Waals surface area contributed by atoms with Crippen LogP contribution in [-0.2, 0) is 37.3 Å². The molecule has 1 aromatic heterocycles. The predicted octanol–water partition coefficient (Wildman–Crippen LogP) is 1.19. The Balaban J connectivity index is 0.00000220. The molecule has 1 unspecified atom stereocenters. The van der Waals surface area contributed by atoms with Gasteiger partial charge in [0.2, 0.25) is 0 Å². The molecule has 21 heavy (non-hydrogen) atoms. The van der Waals surface area contributed by atoms with Crippen LogP contribution in [0.5, 0.6) is 0 Å². The number of fused-ring (bicyclic) bond motifs is 1. The van der Waals surface area contributed by atoms with E-state index in [-0.39, 0.29) is 17.1 Å². The molecule has 0 aliphatic heterocycles. The third kappa shape index (κ3) is 3.90. The van der Waals surface area contributed by atoms with Crippen LogP contribution in [0.4, 0.5) is 0 Å². The topological polar surface area (TPSA) is 108 Å². The average Bonchev–Trinajstić information content (AvgIpc) is 2.44. The zero-order valence-electron chi connectivity index (χ0n) is 11.6. The van der Waals surface area contributed by atoms with Gasteiger partial charge in [0.1, 0.15) is 0 Å². The molecule has 0 aliphatic carbocycles. The standard InChI is InChI=1S/C14H13O5.Hg.H2O/c1-8(18-2)6-9-4-3-5-10-7-11(13(15)16)14(17)19-12(9)10;;/h3-5,7-8H,1,6H2,2H3,(H,15,16);;1H2. The summed E-state index contributed by atoms with van der Waals surface area (Å²) in [6.45, 7) is 0. The quantitative estimate of drug-likeness (QED) is 0.512. The van der Waals surface area contributed by atoms with Crippen molar-refractivity contribution < 1.29 is 50.7 Å². The van der Waals surface area contributed by atoms with E-state index in [9.17, 15) is 9.59 Å². The van der Waals surface area contributed by atoms with Gasteiger partial charge in [-0.25, -0.2) is 0 Å². The maximum Gasteiger partial charge on any atom is -0.412 e. The second kappa shape index (κ2) is 7.68. The number of carbonyl (C=O) groups is 1. The third-order valence-corrected chi connectivity index (χ3v) is 5.68. The van der Waals surface area contributed by atoms with Crippen LogP contribution in [0.1, 0.15) is 15.9 Å². The van der Waals surface area contributed by atoms with Gasteiger partial charge in [0.15, 0.2) is 0 Å². The van der Waals surface area contributed by atoms with Gasteiger partial charge in [-0.3, -0.25) is 0 Å². The molecule has 2 aromatic rings. The number of benzene rings is 1. The molecule has 0 amide bonds. The Kier molecular flexibility index (Phi) is 6.51. The van der Waals surface area contributed by atoms with E-state index in [2.05, 4.69) is 0 Å². The number of hydrogen-bond acceptors (Lipinski definition) is 4. The van der Waals surface area contributed by atoms with E-state index in [4.69, 9.17) is 14.3 Å². The molecule has 3 N–H and O–H groups in total. The van der Waals surface area contributed by atoms with Gasteiger partial charge in [-0.1, -0.05) is 0 Å². The van der Waals surface area contributed by atoms with Crippen LogP contribution >= 0.6 is 0 Å². The van der Waals surface area contributed by atoms with Crippen LogP contribution < -0.4 is 5.63 Å². The first-order valence-electron chi connectivity index (χ1n) is 6.18. The summed E-state index contributed by atoms with van der Waals surface area (Å²) in [6.07, 6.45) is 0.778. The van der Waals surface area contributed by atoms with Crippen molar-refractivity contribution in [3.05, 3.63) is 45.8 Å². The van der Waals surface area contributed by atoms with Crippen molar-refractivity contribution in [3.63, 3.8) is 0 Å². The Bertz CT molecular complexity index is 689. The maximum absolute atomic E-state index is 11.7. The summed E-state index contributed by atoms with van der Waals surface area (Å²) in [4.78, 5) is 22.6. The van der Waals surface area contributed by atoms with Gasteiger partial charge in [0.05, 0.1) is 0 Å². The molecular weight excluding hydrogens is 465 g/mol. The molecule has 1 atom stereocenters. The van der Waals surface area contributed by atoms with Gasteiger partial charge >= 0.3 is 131 Å². The van der Waals surface area contributed by atoms with E-state index >= 15 is 0 Å². The summed E-state index contributed by atoms with van der Waals surface area (Å²) < 4.78 is 11.6. The van der Waals surface area contributed by atoms with Crippen molar-refractivity contribution >= 4 is 16.9 Å². The van der Waals surface area contributed by atoms with Crippen molar-refractivity contribution in [1.29, 1.82) is 0 Å². The molecule has 1 heterocycles. The summed E-state index contributed by atoms with van der Waals surface area (Å²) in [5, 5.41) is 9.56. The zero-order valence-corrected chi connectivity index (χ0v) is 17.1. The fourth-order valence-corrected chi connectivity index (χ4v) is 3.77. The molecule has 109 valence electrons. The van der Waals surface area contributed by atoms with Crippen molar-refractivity contribution in [3.8, 4) is 0 Å². The summed E-state index contributed by atoms with van der Waals surface area (Å²) in [5.41, 5.74) is 0.157. The number of aromatic carboxylic acids is 1. The summed E-state index contributed by atoms with van der Waals surface area (Å²) in [7, 11) is 1.67. The number of ether oxygens (including phenoxy) is 1. The molecule has 0 radical (unpaired) electrons. The number of carboxylic acid groups (broad SMARTS) is 1. The first kappa shape index (κ1) is 17.8. The van der Waals surface area contributed by atoms with Crippen LogP contribution in [0.15, 0.2) is 33.5 Å². The minimum atomic E-state index is -1.28. The van der Waals surface area contributed by atoms with E-state index in [1.54, 1.807) is 13.2 Å². The van der Waals surface area contributed by atoms with Crippen molar-refractivity contribution in [2.24, 2.45) is 0 Å². The van der Waals surface area contributed by atoms with Crippen LogP contribution in [0, 0.1) is 0 Å². The number of carboxylic acids is 1. The zero-order chi connectivity index (χ0) is 14.7. The molecule has 0 fully saturated rings. The van der Waals surface area contributed by atoms with E-state index in [1.807, 2.05) is 12.1 Å². The average molecular weight is 480 g/mol. The first-order chi connectivity index (χ1) is 9.56. The van der Waals surface area contributed by atoms with Crippen LogP contribution in [0.3, 0.4) is 0 Å². The summed E-state index contributed by atoms with van der Waals surface area (Å²) >= 11 is 0.627. The largest absolute Gasteiger partial charge is 0.412 e. The Morgan fingerprint density at radius 2 is 2.19 bits per heavy atom. The predicted molar refractivity (Wildman–Crippen MR) is 72.4 cm³/mol. The Labute approximate surface area is 137 Å².